The maximum absolute atomic E-state index is 14.0. The Morgan fingerprint density at radius 2 is 1.91 bits per heavy atom. The number of hydrogen-bond donors (Lipinski definition) is 1. The monoisotopic (exact) mass is 319 g/mol. The zero-order valence-electron chi connectivity index (χ0n) is 11.4. The summed E-state index contributed by atoms with van der Waals surface area (Å²) in [6, 6.07) is 1.26. The van der Waals surface area contributed by atoms with Gasteiger partial charge in [0.05, 0.1) is 11.1 Å². The Bertz CT molecular complexity index is 600. The predicted molar refractivity (Wildman–Crippen MR) is 67.7 cm³/mol. The van der Waals surface area contributed by atoms with Gasteiger partial charge >= 0.3 is 12.1 Å². The minimum atomic E-state index is -4.92. The van der Waals surface area contributed by atoms with Gasteiger partial charge in [-0.1, -0.05) is 6.07 Å². The highest BCUT2D eigenvalue weighted by atomic mass is 19.4. The van der Waals surface area contributed by atoms with Gasteiger partial charge in [-0.15, -0.1) is 0 Å². The van der Waals surface area contributed by atoms with Crippen LogP contribution in [0.15, 0.2) is 18.2 Å². The topological polar surface area (TPSA) is 57.6 Å². The molecule has 1 amide bonds. The molecule has 0 aromatic heterocycles. The van der Waals surface area contributed by atoms with Crippen LogP contribution in [0.1, 0.15) is 35.2 Å². The second-order valence-corrected chi connectivity index (χ2v) is 5.01. The van der Waals surface area contributed by atoms with Crippen LogP contribution in [0.25, 0.3) is 0 Å². The Kier molecular flexibility index (Phi) is 4.39. The maximum atomic E-state index is 14.0. The number of piperidine rings is 1. The van der Waals surface area contributed by atoms with Crippen molar-refractivity contribution in [3.63, 3.8) is 0 Å². The SMILES string of the molecule is O=C(O)[C@@H]1CCCCN1C(=O)c1cccc(C(F)(F)F)c1F. The Balaban J connectivity index is 2.39. The smallest absolute Gasteiger partial charge is 0.419 e. The van der Waals surface area contributed by atoms with Crippen molar-refractivity contribution in [3.05, 3.63) is 35.1 Å². The highest BCUT2D eigenvalue weighted by Gasteiger charge is 2.38. The first-order valence-corrected chi connectivity index (χ1v) is 6.63. The van der Waals surface area contributed by atoms with Crippen LogP contribution < -0.4 is 0 Å². The number of benzene rings is 1. The van der Waals surface area contributed by atoms with Crippen LogP contribution in [0.5, 0.6) is 0 Å². The molecule has 0 bridgehead atoms. The Morgan fingerprint density at radius 1 is 1.23 bits per heavy atom. The summed E-state index contributed by atoms with van der Waals surface area (Å²) in [6.45, 7) is 0.0749. The van der Waals surface area contributed by atoms with E-state index < -0.39 is 41.0 Å². The molecule has 0 aliphatic carbocycles. The zero-order chi connectivity index (χ0) is 16.5. The molecule has 8 heteroatoms. The lowest BCUT2D eigenvalue weighted by Crippen LogP contribution is -2.48. The van der Waals surface area contributed by atoms with E-state index in [4.69, 9.17) is 5.11 Å². The van der Waals surface area contributed by atoms with E-state index in [9.17, 15) is 27.2 Å². The quantitative estimate of drug-likeness (QED) is 0.853. The van der Waals surface area contributed by atoms with E-state index in [1.54, 1.807) is 0 Å². The molecule has 1 aliphatic rings. The van der Waals surface area contributed by atoms with Crippen molar-refractivity contribution >= 4 is 11.9 Å². The Hall–Kier alpha value is -2.12. The first-order valence-electron chi connectivity index (χ1n) is 6.63. The van der Waals surface area contributed by atoms with E-state index in [1.807, 2.05) is 0 Å². The number of carbonyl (C=O) groups excluding carboxylic acids is 1. The summed E-state index contributed by atoms with van der Waals surface area (Å²) in [4.78, 5) is 24.3. The molecule has 0 spiro atoms. The minimum Gasteiger partial charge on any atom is -0.480 e. The second-order valence-electron chi connectivity index (χ2n) is 5.01. The molecule has 1 heterocycles. The van der Waals surface area contributed by atoms with Crippen molar-refractivity contribution in [2.45, 2.75) is 31.5 Å². The van der Waals surface area contributed by atoms with Gasteiger partial charge in [0.1, 0.15) is 11.9 Å². The van der Waals surface area contributed by atoms with E-state index >= 15 is 0 Å². The molecule has 0 unspecified atom stereocenters. The average Bonchev–Trinajstić information content (AvgIpc) is 2.45. The Morgan fingerprint density at radius 3 is 2.50 bits per heavy atom. The van der Waals surface area contributed by atoms with E-state index in [-0.39, 0.29) is 13.0 Å². The van der Waals surface area contributed by atoms with Gasteiger partial charge in [-0.05, 0) is 31.4 Å². The van der Waals surface area contributed by atoms with Gasteiger partial charge in [0.2, 0.25) is 0 Å². The van der Waals surface area contributed by atoms with Gasteiger partial charge in [-0.2, -0.15) is 13.2 Å². The fourth-order valence-electron chi connectivity index (χ4n) is 2.50. The van der Waals surface area contributed by atoms with Crippen molar-refractivity contribution in [3.8, 4) is 0 Å². The highest BCUT2D eigenvalue weighted by Crippen LogP contribution is 2.33. The summed E-state index contributed by atoms with van der Waals surface area (Å²) in [5.41, 5.74) is -2.30. The summed E-state index contributed by atoms with van der Waals surface area (Å²) in [6.07, 6.45) is -3.61. The second kappa shape index (κ2) is 5.94. The van der Waals surface area contributed by atoms with Gasteiger partial charge in [0.15, 0.2) is 0 Å². The van der Waals surface area contributed by atoms with Gasteiger partial charge in [0.25, 0.3) is 5.91 Å². The van der Waals surface area contributed by atoms with Crippen LogP contribution >= 0.6 is 0 Å². The first-order chi connectivity index (χ1) is 10.2. The lowest BCUT2D eigenvalue weighted by Gasteiger charge is -2.33. The van der Waals surface area contributed by atoms with Crippen LogP contribution in [-0.4, -0.2) is 34.5 Å². The van der Waals surface area contributed by atoms with Crippen LogP contribution in [-0.2, 0) is 11.0 Å². The first kappa shape index (κ1) is 16.3. The summed E-state index contributed by atoms with van der Waals surface area (Å²) in [7, 11) is 0. The van der Waals surface area contributed by atoms with Crippen LogP contribution in [0.3, 0.4) is 0 Å². The van der Waals surface area contributed by atoms with Gasteiger partial charge < -0.3 is 10.0 Å². The molecule has 2 rings (SSSR count). The molecule has 1 N–H and O–H groups in total. The summed E-state index contributed by atoms with van der Waals surface area (Å²) in [5.74, 6) is -3.95. The average molecular weight is 319 g/mol. The van der Waals surface area contributed by atoms with Gasteiger partial charge in [-0.3, -0.25) is 4.79 Å². The molecule has 1 saturated heterocycles. The van der Waals surface area contributed by atoms with Crippen LogP contribution in [0, 0.1) is 5.82 Å². The third-order valence-corrected chi connectivity index (χ3v) is 3.58. The molecular formula is C14H13F4NO3. The fraction of sp³-hybridized carbons (Fsp3) is 0.429. The Labute approximate surface area is 123 Å². The van der Waals surface area contributed by atoms with Crippen molar-refractivity contribution in [1.29, 1.82) is 0 Å². The number of carboxylic acids is 1. The lowest BCUT2D eigenvalue weighted by atomic mass is 10.00. The van der Waals surface area contributed by atoms with E-state index in [2.05, 4.69) is 0 Å². The normalized spacial score (nSPS) is 19.1. The number of nitrogens with zero attached hydrogens (tertiary/aromatic N) is 1. The molecule has 1 aromatic carbocycles. The van der Waals surface area contributed by atoms with E-state index in [0.29, 0.717) is 18.9 Å². The van der Waals surface area contributed by atoms with Crippen molar-refractivity contribution in [2.24, 2.45) is 0 Å². The molecule has 1 aliphatic heterocycles. The zero-order valence-corrected chi connectivity index (χ0v) is 11.4. The predicted octanol–water partition coefficient (Wildman–Crippen LogP) is 2.92. The standard InChI is InChI=1S/C14H13F4NO3/c15-11-8(4-3-5-9(11)14(16,17)18)12(20)19-7-2-1-6-10(19)13(21)22/h3-5,10H,1-2,6-7H2,(H,21,22)/t10-/m0/s1. The number of amides is 1. The lowest BCUT2D eigenvalue weighted by molar-refractivity contribution is -0.143. The number of hydrogen-bond acceptors (Lipinski definition) is 2. The molecule has 0 radical (unpaired) electrons. The molecule has 1 atom stereocenters. The largest absolute Gasteiger partial charge is 0.480 e. The van der Waals surface area contributed by atoms with Crippen LogP contribution in [0.2, 0.25) is 0 Å². The van der Waals surface area contributed by atoms with Crippen molar-refractivity contribution < 1.29 is 32.3 Å². The molecule has 120 valence electrons. The molecule has 1 aromatic rings. The highest BCUT2D eigenvalue weighted by molar-refractivity contribution is 5.97. The van der Waals surface area contributed by atoms with E-state index in [1.165, 1.54) is 0 Å². The number of aliphatic carboxylic acids is 1. The van der Waals surface area contributed by atoms with Gasteiger partial charge in [0, 0.05) is 6.54 Å². The number of carbonyl (C=O) groups is 2. The maximum Gasteiger partial charge on any atom is 0.419 e. The third-order valence-electron chi connectivity index (χ3n) is 3.58. The third kappa shape index (κ3) is 3.05. The molecular weight excluding hydrogens is 306 g/mol. The fourth-order valence-corrected chi connectivity index (χ4v) is 2.50. The number of carboxylic acid groups (broad SMARTS) is 1. The number of likely N-dealkylation sites (tertiary alicyclic amines) is 1. The molecule has 0 saturated carbocycles. The number of rotatable bonds is 2. The number of alkyl halides is 3. The molecule has 22 heavy (non-hydrogen) atoms. The minimum absolute atomic E-state index is 0.0749. The van der Waals surface area contributed by atoms with Gasteiger partial charge in [-0.25, -0.2) is 9.18 Å². The molecule has 4 nitrogen and oxygen atoms in total. The summed E-state index contributed by atoms with van der Waals surface area (Å²) < 4.78 is 52.0. The number of halogens is 4. The van der Waals surface area contributed by atoms with Crippen LogP contribution in [0.4, 0.5) is 17.6 Å². The summed E-state index contributed by atoms with van der Waals surface area (Å²) in [5, 5.41) is 9.09. The van der Waals surface area contributed by atoms with Crippen molar-refractivity contribution in [2.75, 3.05) is 6.54 Å². The summed E-state index contributed by atoms with van der Waals surface area (Å²) >= 11 is 0. The van der Waals surface area contributed by atoms with E-state index in [0.717, 1.165) is 17.0 Å². The molecule has 1 fully saturated rings. The van der Waals surface area contributed by atoms with Crippen molar-refractivity contribution in [1.82, 2.24) is 4.90 Å².